The second kappa shape index (κ2) is 10.5. The van der Waals surface area contributed by atoms with Crippen LogP contribution in [0.15, 0.2) is 47.0 Å². The number of halogens is 2. The van der Waals surface area contributed by atoms with Crippen LogP contribution < -0.4 is 10.2 Å². The molecule has 2 amide bonds. The van der Waals surface area contributed by atoms with E-state index in [2.05, 4.69) is 15.5 Å². The Bertz CT molecular complexity index is 1530. The Hall–Kier alpha value is -4.66. The van der Waals surface area contributed by atoms with Crippen LogP contribution in [0.5, 0.6) is 0 Å². The first kappa shape index (κ1) is 26.9. The van der Waals surface area contributed by atoms with E-state index in [9.17, 15) is 9.59 Å². The number of likely N-dealkylation sites (tertiary alicyclic amines) is 1. The van der Waals surface area contributed by atoms with Crippen molar-refractivity contribution in [3.8, 4) is 17.5 Å². The molecule has 2 atom stereocenters. The van der Waals surface area contributed by atoms with Crippen LogP contribution in [0.3, 0.4) is 0 Å². The highest BCUT2D eigenvalue weighted by atomic mass is 19.3. The van der Waals surface area contributed by atoms with Crippen molar-refractivity contribution >= 4 is 28.9 Å². The summed E-state index contributed by atoms with van der Waals surface area (Å²) < 4.78 is 36.0. The third-order valence-electron chi connectivity index (χ3n) is 7.36. The molecule has 2 aliphatic heterocycles. The molecule has 206 valence electrons. The molecule has 2 aliphatic rings. The highest BCUT2D eigenvalue weighted by Crippen LogP contribution is 2.41. The zero-order valence-electron chi connectivity index (χ0n) is 21.9. The highest BCUT2D eigenvalue weighted by molar-refractivity contribution is 6.02. The topological polar surface area (TPSA) is 139 Å². The van der Waals surface area contributed by atoms with Crippen molar-refractivity contribution in [1.82, 2.24) is 15.0 Å². The van der Waals surface area contributed by atoms with E-state index in [4.69, 9.17) is 15.2 Å². The van der Waals surface area contributed by atoms with Gasteiger partial charge in [-0.25, -0.2) is 8.78 Å². The number of rotatable bonds is 6. The Labute approximate surface area is 229 Å². The summed E-state index contributed by atoms with van der Waals surface area (Å²) in [5.41, 5.74) is 3.17. The van der Waals surface area contributed by atoms with E-state index in [0.717, 1.165) is 4.90 Å². The lowest BCUT2D eigenvalue weighted by molar-refractivity contribution is -0.149. The molecule has 40 heavy (non-hydrogen) atoms. The van der Waals surface area contributed by atoms with Gasteiger partial charge in [-0.2, -0.15) is 10.2 Å². The summed E-state index contributed by atoms with van der Waals surface area (Å²) in [7, 11) is 1.72. The molecule has 1 aromatic heterocycles. The number of benzene rings is 2. The van der Waals surface area contributed by atoms with E-state index in [1.807, 2.05) is 6.07 Å². The second-order valence-electron chi connectivity index (χ2n) is 10.0. The number of anilines is 2. The van der Waals surface area contributed by atoms with Gasteiger partial charge in [0.25, 0.3) is 5.92 Å². The van der Waals surface area contributed by atoms with Gasteiger partial charge in [0.2, 0.25) is 23.5 Å². The van der Waals surface area contributed by atoms with E-state index in [1.165, 1.54) is 4.90 Å². The van der Waals surface area contributed by atoms with Gasteiger partial charge in [-0.05, 0) is 37.6 Å². The summed E-state index contributed by atoms with van der Waals surface area (Å²) in [6.45, 7) is 0.968. The largest absolute Gasteiger partial charge is 0.388 e. The van der Waals surface area contributed by atoms with Crippen molar-refractivity contribution in [1.29, 1.82) is 10.7 Å². The SMILES string of the molecule is CNc1cc(-c2noc(C3CCN(C(=O)[C@H]4CC(=O)N(c5cccc(C#N)c5)C4)CC3(F)F)n2)ccc1C(C)=N. The molecule has 2 aromatic carbocycles. The van der Waals surface area contributed by atoms with E-state index in [1.54, 1.807) is 56.4 Å². The molecule has 5 rings (SSSR count). The van der Waals surface area contributed by atoms with Crippen molar-refractivity contribution in [2.24, 2.45) is 5.92 Å². The first-order valence-corrected chi connectivity index (χ1v) is 12.8. The summed E-state index contributed by atoms with van der Waals surface area (Å²) in [6.07, 6.45) is -0.165. The van der Waals surface area contributed by atoms with Gasteiger partial charge in [-0.3, -0.25) is 9.59 Å². The average Bonchev–Trinajstić information content (AvgIpc) is 3.58. The molecule has 3 heterocycles. The van der Waals surface area contributed by atoms with Gasteiger partial charge in [0.1, 0.15) is 5.92 Å². The van der Waals surface area contributed by atoms with Crippen molar-refractivity contribution < 1.29 is 22.9 Å². The fourth-order valence-corrected chi connectivity index (χ4v) is 5.27. The summed E-state index contributed by atoms with van der Waals surface area (Å²) in [4.78, 5) is 32.6. The molecule has 0 spiro atoms. The molecule has 0 radical (unpaired) electrons. The maximum atomic E-state index is 15.4. The van der Waals surface area contributed by atoms with E-state index in [0.29, 0.717) is 33.8 Å². The first-order valence-electron chi connectivity index (χ1n) is 12.8. The Kier molecular flexibility index (Phi) is 7.06. The van der Waals surface area contributed by atoms with Gasteiger partial charge in [-0.1, -0.05) is 23.4 Å². The summed E-state index contributed by atoms with van der Waals surface area (Å²) in [5, 5.41) is 23.9. The van der Waals surface area contributed by atoms with Crippen LogP contribution in [0.25, 0.3) is 11.4 Å². The molecule has 2 fully saturated rings. The fraction of sp³-hybridized carbons (Fsp3) is 0.357. The molecular weight excluding hydrogens is 520 g/mol. The Morgan fingerprint density at radius 3 is 2.77 bits per heavy atom. The predicted octanol–water partition coefficient (Wildman–Crippen LogP) is 4.04. The van der Waals surface area contributed by atoms with Crippen molar-refractivity contribution in [3.63, 3.8) is 0 Å². The van der Waals surface area contributed by atoms with Gasteiger partial charge in [-0.15, -0.1) is 0 Å². The molecule has 12 heteroatoms. The van der Waals surface area contributed by atoms with Crippen molar-refractivity contribution in [3.05, 3.63) is 59.5 Å². The van der Waals surface area contributed by atoms with Crippen LogP contribution in [-0.4, -0.2) is 65.2 Å². The second-order valence-corrected chi connectivity index (χ2v) is 10.0. The number of piperidine rings is 1. The molecule has 2 N–H and O–H groups in total. The zero-order valence-corrected chi connectivity index (χ0v) is 21.9. The summed E-state index contributed by atoms with van der Waals surface area (Å²) in [6, 6.07) is 13.7. The number of nitriles is 1. The Balaban J connectivity index is 1.27. The van der Waals surface area contributed by atoms with Crippen molar-refractivity contribution in [2.45, 2.75) is 31.6 Å². The van der Waals surface area contributed by atoms with Crippen LogP contribution in [-0.2, 0) is 9.59 Å². The van der Waals surface area contributed by atoms with Crippen LogP contribution >= 0.6 is 0 Å². The quantitative estimate of drug-likeness (QED) is 0.444. The van der Waals surface area contributed by atoms with E-state index in [-0.39, 0.29) is 43.6 Å². The van der Waals surface area contributed by atoms with E-state index >= 15 is 8.78 Å². The minimum absolute atomic E-state index is 0.0582. The number of carbonyl (C=O) groups is 2. The van der Waals surface area contributed by atoms with Gasteiger partial charge >= 0.3 is 0 Å². The number of nitrogens with zero attached hydrogens (tertiary/aromatic N) is 5. The number of alkyl halides is 2. The fourth-order valence-electron chi connectivity index (χ4n) is 5.27. The monoisotopic (exact) mass is 547 g/mol. The van der Waals surface area contributed by atoms with Crippen LogP contribution in [0.4, 0.5) is 20.2 Å². The maximum Gasteiger partial charge on any atom is 0.276 e. The first-order chi connectivity index (χ1) is 19.1. The number of aromatic nitrogens is 2. The predicted molar refractivity (Wildman–Crippen MR) is 142 cm³/mol. The Morgan fingerprint density at radius 2 is 2.08 bits per heavy atom. The molecular formula is C28H27F2N7O3. The minimum atomic E-state index is -3.32. The third kappa shape index (κ3) is 5.02. The van der Waals surface area contributed by atoms with Gasteiger partial charge < -0.3 is 25.0 Å². The normalized spacial score (nSPS) is 20.3. The highest BCUT2D eigenvalue weighted by Gasteiger charge is 2.50. The molecule has 2 saturated heterocycles. The lowest BCUT2D eigenvalue weighted by atomic mass is 9.91. The number of carbonyl (C=O) groups excluding carboxylic acids is 2. The van der Waals surface area contributed by atoms with E-state index < -0.39 is 30.2 Å². The minimum Gasteiger partial charge on any atom is -0.388 e. The lowest BCUT2D eigenvalue weighted by Gasteiger charge is -2.37. The molecule has 0 saturated carbocycles. The van der Waals surface area contributed by atoms with Gasteiger partial charge in [0.05, 0.1) is 24.1 Å². The maximum absolute atomic E-state index is 15.4. The number of hydrogen-bond donors (Lipinski definition) is 2. The van der Waals surface area contributed by atoms with Crippen molar-refractivity contribution in [2.75, 3.05) is 36.9 Å². The molecule has 0 bridgehead atoms. The molecule has 10 nitrogen and oxygen atoms in total. The Morgan fingerprint density at radius 1 is 1.27 bits per heavy atom. The van der Waals surface area contributed by atoms with Crippen LogP contribution in [0.2, 0.25) is 0 Å². The third-order valence-corrected chi connectivity index (χ3v) is 7.36. The number of nitrogens with one attached hydrogen (secondary N) is 2. The van der Waals surface area contributed by atoms with Gasteiger partial charge in [0.15, 0.2) is 0 Å². The smallest absolute Gasteiger partial charge is 0.276 e. The van der Waals surface area contributed by atoms with Crippen LogP contribution in [0, 0.1) is 22.7 Å². The van der Waals surface area contributed by atoms with Crippen LogP contribution in [0.1, 0.15) is 42.7 Å². The lowest BCUT2D eigenvalue weighted by Crippen LogP contribution is -2.51. The average molecular weight is 548 g/mol. The zero-order chi connectivity index (χ0) is 28.6. The standard InChI is InChI=1S/C28H27F2N7O3/c1-16(32)21-7-6-18(11-23(21)33-2)25-34-26(40-35-25)22-8-9-36(15-28(22,29)30)27(39)19-12-24(38)37(14-19)20-5-3-4-17(10-20)13-31/h3-7,10-11,19,22,32-33H,8-9,12,14-15H2,1-2H3/t19-,22?/m0/s1. The molecule has 0 aliphatic carbocycles. The summed E-state index contributed by atoms with van der Waals surface area (Å²) in [5.74, 6) is -6.28. The molecule has 3 aromatic rings. The number of hydrogen-bond acceptors (Lipinski definition) is 8. The van der Waals surface area contributed by atoms with Gasteiger partial charge in [0, 0.05) is 54.8 Å². The summed E-state index contributed by atoms with van der Waals surface area (Å²) >= 11 is 0. The molecule has 1 unspecified atom stereocenters. The number of amides is 2.